The highest BCUT2D eigenvalue weighted by molar-refractivity contribution is 7.09. The van der Waals surface area contributed by atoms with Crippen molar-refractivity contribution in [2.75, 3.05) is 5.88 Å². The molecule has 0 spiro atoms. The van der Waals surface area contributed by atoms with Crippen molar-refractivity contribution in [1.29, 1.82) is 0 Å². The molecular weight excluding hydrogens is 180 g/mol. The van der Waals surface area contributed by atoms with E-state index in [0.717, 1.165) is 6.54 Å². The molecular formula is C7H11ClN2S. The van der Waals surface area contributed by atoms with Crippen molar-refractivity contribution in [2.45, 2.75) is 19.5 Å². The Morgan fingerprint density at radius 3 is 3.18 bits per heavy atom. The van der Waals surface area contributed by atoms with E-state index in [1.54, 1.807) is 11.3 Å². The molecule has 1 unspecified atom stereocenters. The first kappa shape index (κ1) is 8.97. The van der Waals surface area contributed by atoms with E-state index in [1.165, 1.54) is 4.88 Å². The Hall–Kier alpha value is -0.120. The van der Waals surface area contributed by atoms with Gasteiger partial charge in [0.25, 0.3) is 0 Å². The Bertz CT molecular complexity index is 188. The molecule has 0 aromatic carbocycles. The second-order valence-electron chi connectivity index (χ2n) is 2.40. The number of hydrogen-bond donors (Lipinski definition) is 1. The third kappa shape index (κ3) is 3.18. The second-order valence-corrected chi connectivity index (χ2v) is 3.68. The molecule has 62 valence electrons. The molecule has 0 fully saturated rings. The van der Waals surface area contributed by atoms with Gasteiger partial charge in [0.15, 0.2) is 0 Å². The first-order chi connectivity index (χ1) is 5.33. The van der Waals surface area contributed by atoms with E-state index in [0.29, 0.717) is 11.9 Å². The molecule has 0 radical (unpaired) electrons. The average molecular weight is 191 g/mol. The van der Waals surface area contributed by atoms with Crippen LogP contribution in [0.5, 0.6) is 0 Å². The van der Waals surface area contributed by atoms with Gasteiger partial charge < -0.3 is 5.32 Å². The topological polar surface area (TPSA) is 24.9 Å². The summed E-state index contributed by atoms with van der Waals surface area (Å²) in [5.41, 5.74) is 1.84. The molecule has 0 bridgehead atoms. The quantitative estimate of drug-likeness (QED) is 0.734. The van der Waals surface area contributed by atoms with E-state index in [4.69, 9.17) is 11.6 Å². The van der Waals surface area contributed by atoms with E-state index in [2.05, 4.69) is 17.2 Å². The Kier molecular flexibility index (Phi) is 3.83. The normalized spacial score (nSPS) is 13.3. The van der Waals surface area contributed by atoms with Crippen LogP contribution in [0.3, 0.4) is 0 Å². The standard InChI is InChI=1S/C7H11ClN2S/c1-6(2-8)10-4-7-3-9-5-11-7/h3,5-6,10H,2,4H2,1H3. The molecule has 0 aliphatic rings. The van der Waals surface area contributed by atoms with Crippen LogP contribution in [0.4, 0.5) is 0 Å². The van der Waals surface area contributed by atoms with Crippen LogP contribution in [-0.2, 0) is 6.54 Å². The van der Waals surface area contributed by atoms with Gasteiger partial charge in [-0.25, -0.2) is 0 Å². The molecule has 1 atom stereocenters. The molecule has 1 rings (SSSR count). The minimum absolute atomic E-state index is 0.374. The number of alkyl halides is 1. The fourth-order valence-corrected chi connectivity index (χ4v) is 1.31. The molecule has 2 nitrogen and oxygen atoms in total. The summed E-state index contributed by atoms with van der Waals surface area (Å²) in [6.45, 7) is 2.94. The zero-order valence-electron chi connectivity index (χ0n) is 6.38. The zero-order chi connectivity index (χ0) is 8.10. The SMILES string of the molecule is CC(CCl)NCc1cncs1. The molecule has 1 N–H and O–H groups in total. The van der Waals surface area contributed by atoms with E-state index >= 15 is 0 Å². The maximum absolute atomic E-state index is 5.62. The van der Waals surface area contributed by atoms with Crippen LogP contribution in [0.25, 0.3) is 0 Å². The average Bonchev–Trinajstić information content (AvgIpc) is 2.52. The van der Waals surface area contributed by atoms with Crippen molar-refractivity contribution in [2.24, 2.45) is 0 Å². The fraction of sp³-hybridized carbons (Fsp3) is 0.571. The highest BCUT2D eigenvalue weighted by atomic mass is 35.5. The predicted octanol–water partition coefficient (Wildman–Crippen LogP) is 1.86. The van der Waals surface area contributed by atoms with E-state index in [-0.39, 0.29) is 0 Å². The fourth-order valence-electron chi connectivity index (χ4n) is 0.659. The minimum Gasteiger partial charge on any atom is -0.308 e. The summed E-state index contributed by atoms with van der Waals surface area (Å²) >= 11 is 7.28. The van der Waals surface area contributed by atoms with Gasteiger partial charge in [-0.15, -0.1) is 22.9 Å². The third-order valence-electron chi connectivity index (χ3n) is 1.34. The van der Waals surface area contributed by atoms with Crippen LogP contribution in [0, 0.1) is 0 Å². The zero-order valence-corrected chi connectivity index (χ0v) is 7.95. The van der Waals surface area contributed by atoms with E-state index in [1.807, 2.05) is 11.7 Å². The second kappa shape index (κ2) is 4.70. The van der Waals surface area contributed by atoms with Gasteiger partial charge in [-0.3, -0.25) is 4.98 Å². The van der Waals surface area contributed by atoms with Gasteiger partial charge in [-0.1, -0.05) is 0 Å². The van der Waals surface area contributed by atoms with Gasteiger partial charge in [0.1, 0.15) is 0 Å². The largest absolute Gasteiger partial charge is 0.308 e. The van der Waals surface area contributed by atoms with Crippen LogP contribution < -0.4 is 5.32 Å². The number of thiazole rings is 1. The Labute approximate surface area is 75.6 Å². The van der Waals surface area contributed by atoms with Gasteiger partial charge in [0, 0.05) is 29.5 Å². The highest BCUT2D eigenvalue weighted by Gasteiger charge is 1.99. The van der Waals surface area contributed by atoms with Gasteiger partial charge in [-0.2, -0.15) is 0 Å². The summed E-state index contributed by atoms with van der Waals surface area (Å²) < 4.78 is 0. The van der Waals surface area contributed by atoms with Crippen molar-refractivity contribution in [3.63, 3.8) is 0 Å². The molecule has 11 heavy (non-hydrogen) atoms. The summed E-state index contributed by atoms with van der Waals surface area (Å²) in [6.07, 6.45) is 1.87. The van der Waals surface area contributed by atoms with Crippen molar-refractivity contribution >= 4 is 22.9 Å². The van der Waals surface area contributed by atoms with Crippen LogP contribution >= 0.6 is 22.9 Å². The van der Waals surface area contributed by atoms with Crippen molar-refractivity contribution in [3.8, 4) is 0 Å². The first-order valence-electron chi connectivity index (χ1n) is 3.49. The van der Waals surface area contributed by atoms with E-state index < -0.39 is 0 Å². The molecule has 0 amide bonds. The lowest BCUT2D eigenvalue weighted by Gasteiger charge is -2.07. The molecule has 0 aliphatic heterocycles. The van der Waals surface area contributed by atoms with Crippen molar-refractivity contribution < 1.29 is 0 Å². The Morgan fingerprint density at radius 2 is 2.64 bits per heavy atom. The first-order valence-corrected chi connectivity index (χ1v) is 4.91. The maximum atomic E-state index is 5.62. The molecule has 0 saturated carbocycles. The maximum Gasteiger partial charge on any atom is 0.0794 e. The predicted molar refractivity (Wildman–Crippen MR) is 49.1 cm³/mol. The van der Waals surface area contributed by atoms with Crippen LogP contribution in [-0.4, -0.2) is 16.9 Å². The summed E-state index contributed by atoms with van der Waals surface area (Å²) in [7, 11) is 0. The van der Waals surface area contributed by atoms with Gasteiger partial charge in [0.2, 0.25) is 0 Å². The van der Waals surface area contributed by atoms with Gasteiger partial charge in [-0.05, 0) is 6.92 Å². The number of rotatable bonds is 4. The lowest BCUT2D eigenvalue weighted by molar-refractivity contribution is 0.597. The Morgan fingerprint density at radius 1 is 1.82 bits per heavy atom. The molecule has 1 aromatic rings. The van der Waals surface area contributed by atoms with Crippen molar-refractivity contribution in [1.82, 2.24) is 10.3 Å². The highest BCUT2D eigenvalue weighted by Crippen LogP contribution is 2.04. The number of aromatic nitrogens is 1. The van der Waals surface area contributed by atoms with Gasteiger partial charge in [0.05, 0.1) is 5.51 Å². The minimum atomic E-state index is 0.374. The van der Waals surface area contributed by atoms with Crippen LogP contribution in [0.2, 0.25) is 0 Å². The van der Waals surface area contributed by atoms with Crippen molar-refractivity contribution in [3.05, 3.63) is 16.6 Å². The monoisotopic (exact) mass is 190 g/mol. The number of nitrogens with one attached hydrogen (secondary N) is 1. The molecule has 1 heterocycles. The Balaban J connectivity index is 2.23. The summed E-state index contributed by atoms with van der Waals surface area (Å²) in [5.74, 6) is 0.652. The number of nitrogens with zero attached hydrogens (tertiary/aromatic N) is 1. The van der Waals surface area contributed by atoms with Crippen LogP contribution in [0.15, 0.2) is 11.7 Å². The number of halogens is 1. The summed E-state index contributed by atoms with van der Waals surface area (Å²) in [5, 5.41) is 3.27. The van der Waals surface area contributed by atoms with E-state index in [9.17, 15) is 0 Å². The molecule has 0 aliphatic carbocycles. The summed E-state index contributed by atoms with van der Waals surface area (Å²) in [4.78, 5) is 5.22. The molecule has 4 heteroatoms. The third-order valence-corrected chi connectivity index (χ3v) is 2.58. The number of hydrogen-bond acceptors (Lipinski definition) is 3. The lowest BCUT2D eigenvalue weighted by Crippen LogP contribution is -2.26. The van der Waals surface area contributed by atoms with Crippen LogP contribution in [0.1, 0.15) is 11.8 Å². The summed E-state index contributed by atoms with van der Waals surface area (Å²) in [6, 6.07) is 0.374. The molecule has 0 saturated heterocycles. The van der Waals surface area contributed by atoms with Gasteiger partial charge >= 0.3 is 0 Å². The smallest absolute Gasteiger partial charge is 0.0794 e. The molecule has 1 aromatic heterocycles. The lowest BCUT2D eigenvalue weighted by atomic mass is 10.4.